The zero-order chi connectivity index (χ0) is 18.4. The number of sulfonamides is 1. The number of nitrogens with zero attached hydrogens (tertiary/aromatic N) is 2. The van der Waals surface area contributed by atoms with E-state index in [2.05, 4.69) is 5.32 Å². The SMILES string of the molecule is Cc1cccc(C)c1OCCCNC(=O)N1CCN(S(C)(=O)=O)CC1. The van der Waals surface area contributed by atoms with Crippen LogP contribution in [-0.4, -0.2) is 69.2 Å². The molecule has 0 aromatic heterocycles. The Hall–Kier alpha value is -1.80. The fourth-order valence-corrected chi connectivity index (χ4v) is 3.63. The topological polar surface area (TPSA) is 79.0 Å². The Kier molecular flexibility index (Phi) is 6.66. The molecule has 0 bridgehead atoms. The summed E-state index contributed by atoms with van der Waals surface area (Å²) in [7, 11) is -3.17. The van der Waals surface area contributed by atoms with Crippen LogP contribution in [0.1, 0.15) is 17.5 Å². The van der Waals surface area contributed by atoms with Crippen molar-refractivity contribution in [1.82, 2.24) is 14.5 Å². The molecule has 0 saturated carbocycles. The summed E-state index contributed by atoms with van der Waals surface area (Å²) in [6.45, 7) is 6.61. The second kappa shape index (κ2) is 8.53. The lowest BCUT2D eigenvalue weighted by atomic mass is 10.1. The van der Waals surface area contributed by atoms with Crippen molar-refractivity contribution in [3.63, 3.8) is 0 Å². The van der Waals surface area contributed by atoms with Crippen LogP contribution < -0.4 is 10.1 Å². The fraction of sp³-hybridized carbons (Fsp3) is 0.588. The molecule has 0 unspecified atom stereocenters. The Morgan fingerprint density at radius 3 is 2.32 bits per heavy atom. The van der Waals surface area contributed by atoms with Gasteiger partial charge in [-0.15, -0.1) is 0 Å². The van der Waals surface area contributed by atoms with Gasteiger partial charge in [-0.25, -0.2) is 13.2 Å². The van der Waals surface area contributed by atoms with E-state index in [0.717, 1.165) is 16.9 Å². The number of rotatable bonds is 6. The smallest absolute Gasteiger partial charge is 0.317 e. The molecule has 0 atom stereocenters. The monoisotopic (exact) mass is 369 g/mol. The number of nitrogens with one attached hydrogen (secondary N) is 1. The maximum atomic E-state index is 12.1. The predicted octanol–water partition coefficient (Wildman–Crippen LogP) is 1.36. The molecule has 1 heterocycles. The number of para-hydroxylation sites is 1. The van der Waals surface area contributed by atoms with Crippen LogP contribution in [-0.2, 0) is 10.0 Å². The average Bonchev–Trinajstić information content (AvgIpc) is 2.56. The van der Waals surface area contributed by atoms with Crippen LogP contribution in [0.5, 0.6) is 5.75 Å². The molecular weight excluding hydrogens is 342 g/mol. The summed E-state index contributed by atoms with van der Waals surface area (Å²) in [6, 6.07) is 5.88. The maximum Gasteiger partial charge on any atom is 0.317 e. The lowest BCUT2D eigenvalue weighted by Gasteiger charge is -2.33. The number of aryl methyl sites for hydroxylation is 2. The van der Waals surface area contributed by atoms with Gasteiger partial charge in [0.15, 0.2) is 0 Å². The van der Waals surface area contributed by atoms with E-state index in [0.29, 0.717) is 45.8 Å². The molecule has 8 heteroatoms. The average molecular weight is 369 g/mol. The molecule has 0 aliphatic carbocycles. The quantitative estimate of drug-likeness (QED) is 0.768. The molecule has 2 rings (SSSR count). The van der Waals surface area contributed by atoms with Crippen molar-refractivity contribution < 1.29 is 17.9 Å². The zero-order valence-corrected chi connectivity index (χ0v) is 15.9. The number of hydrogen-bond acceptors (Lipinski definition) is 4. The van der Waals surface area contributed by atoms with E-state index >= 15 is 0 Å². The van der Waals surface area contributed by atoms with E-state index in [9.17, 15) is 13.2 Å². The second-order valence-electron chi connectivity index (χ2n) is 6.30. The number of benzene rings is 1. The van der Waals surface area contributed by atoms with Crippen LogP contribution in [0.3, 0.4) is 0 Å². The normalized spacial score (nSPS) is 15.9. The Morgan fingerprint density at radius 1 is 1.16 bits per heavy atom. The van der Waals surface area contributed by atoms with E-state index in [1.54, 1.807) is 4.90 Å². The van der Waals surface area contributed by atoms with Crippen molar-refractivity contribution >= 4 is 16.1 Å². The van der Waals surface area contributed by atoms with Crippen LogP contribution in [0.25, 0.3) is 0 Å². The second-order valence-corrected chi connectivity index (χ2v) is 8.29. The first-order chi connectivity index (χ1) is 11.8. The highest BCUT2D eigenvalue weighted by Gasteiger charge is 2.25. The van der Waals surface area contributed by atoms with Gasteiger partial charge in [0.1, 0.15) is 5.75 Å². The maximum absolute atomic E-state index is 12.1. The minimum absolute atomic E-state index is 0.153. The molecule has 0 spiro atoms. The summed E-state index contributed by atoms with van der Waals surface area (Å²) in [4.78, 5) is 13.7. The van der Waals surface area contributed by atoms with Crippen molar-refractivity contribution in [2.24, 2.45) is 0 Å². The van der Waals surface area contributed by atoms with Gasteiger partial charge in [0, 0.05) is 32.7 Å². The Morgan fingerprint density at radius 2 is 1.76 bits per heavy atom. The Bertz CT molecular complexity index is 678. The van der Waals surface area contributed by atoms with E-state index < -0.39 is 10.0 Å². The lowest BCUT2D eigenvalue weighted by Crippen LogP contribution is -2.53. The van der Waals surface area contributed by atoms with Gasteiger partial charge in [0.2, 0.25) is 10.0 Å². The first kappa shape index (κ1) is 19.5. The third-order valence-electron chi connectivity index (χ3n) is 4.25. The standard InChI is InChI=1S/C17H27N3O4S/c1-14-6-4-7-15(2)16(14)24-13-5-8-18-17(21)19-9-11-20(12-10-19)25(3,22)23/h4,6-7H,5,8-13H2,1-3H3,(H,18,21). The highest BCUT2D eigenvalue weighted by Crippen LogP contribution is 2.22. The highest BCUT2D eigenvalue weighted by molar-refractivity contribution is 7.88. The first-order valence-corrected chi connectivity index (χ1v) is 10.3. The number of urea groups is 1. The molecule has 1 aliphatic rings. The van der Waals surface area contributed by atoms with E-state index in [1.165, 1.54) is 10.6 Å². The molecule has 1 aromatic rings. The molecule has 1 N–H and O–H groups in total. The third kappa shape index (κ3) is 5.61. The molecule has 0 radical (unpaired) electrons. The number of hydrogen-bond donors (Lipinski definition) is 1. The van der Waals surface area contributed by atoms with Crippen LogP contribution in [0, 0.1) is 13.8 Å². The van der Waals surface area contributed by atoms with Crippen molar-refractivity contribution in [3.8, 4) is 5.75 Å². The van der Waals surface area contributed by atoms with Crippen LogP contribution in [0.15, 0.2) is 18.2 Å². The first-order valence-electron chi connectivity index (χ1n) is 8.46. The van der Waals surface area contributed by atoms with Gasteiger partial charge in [0.25, 0.3) is 0 Å². The molecule has 1 aromatic carbocycles. The minimum atomic E-state index is -3.17. The Labute approximate surface area is 150 Å². The predicted molar refractivity (Wildman–Crippen MR) is 97.4 cm³/mol. The van der Waals surface area contributed by atoms with Crippen molar-refractivity contribution in [3.05, 3.63) is 29.3 Å². The van der Waals surface area contributed by atoms with Gasteiger partial charge in [-0.05, 0) is 31.4 Å². The molecule has 1 fully saturated rings. The van der Waals surface area contributed by atoms with Gasteiger partial charge >= 0.3 is 6.03 Å². The molecule has 1 saturated heterocycles. The van der Waals surface area contributed by atoms with Gasteiger partial charge < -0.3 is 15.0 Å². The molecule has 140 valence electrons. The molecule has 1 aliphatic heterocycles. The third-order valence-corrected chi connectivity index (χ3v) is 5.55. The fourth-order valence-electron chi connectivity index (χ4n) is 2.80. The van der Waals surface area contributed by atoms with Crippen LogP contribution in [0.4, 0.5) is 4.79 Å². The Balaban J connectivity index is 1.66. The molecule has 2 amide bonds. The van der Waals surface area contributed by atoms with Crippen molar-refractivity contribution in [2.45, 2.75) is 20.3 Å². The largest absolute Gasteiger partial charge is 0.493 e. The lowest BCUT2D eigenvalue weighted by molar-refractivity contribution is 0.172. The number of amides is 2. The van der Waals surface area contributed by atoms with Gasteiger partial charge in [0.05, 0.1) is 12.9 Å². The van der Waals surface area contributed by atoms with Crippen LogP contribution >= 0.6 is 0 Å². The van der Waals surface area contributed by atoms with Crippen molar-refractivity contribution in [1.29, 1.82) is 0 Å². The number of ether oxygens (including phenoxy) is 1. The van der Waals surface area contributed by atoms with E-state index in [4.69, 9.17) is 4.74 Å². The summed E-state index contributed by atoms with van der Waals surface area (Å²) < 4.78 is 30.1. The summed E-state index contributed by atoms with van der Waals surface area (Å²) in [5, 5.41) is 2.86. The molecule has 7 nitrogen and oxygen atoms in total. The summed E-state index contributed by atoms with van der Waals surface area (Å²) >= 11 is 0. The number of piperazine rings is 1. The highest BCUT2D eigenvalue weighted by atomic mass is 32.2. The summed E-state index contributed by atoms with van der Waals surface area (Å²) in [5.41, 5.74) is 2.21. The zero-order valence-electron chi connectivity index (χ0n) is 15.1. The summed E-state index contributed by atoms with van der Waals surface area (Å²) in [6.07, 6.45) is 1.90. The van der Waals surface area contributed by atoms with Gasteiger partial charge in [-0.3, -0.25) is 0 Å². The van der Waals surface area contributed by atoms with Gasteiger partial charge in [-0.2, -0.15) is 4.31 Å². The number of carbonyl (C=O) groups excluding carboxylic acids is 1. The number of carbonyl (C=O) groups is 1. The van der Waals surface area contributed by atoms with Gasteiger partial charge in [-0.1, -0.05) is 18.2 Å². The van der Waals surface area contributed by atoms with E-state index in [1.807, 2.05) is 32.0 Å². The summed E-state index contributed by atoms with van der Waals surface area (Å²) in [5.74, 6) is 0.908. The van der Waals surface area contributed by atoms with Crippen molar-refractivity contribution in [2.75, 3.05) is 45.6 Å². The van der Waals surface area contributed by atoms with Crippen LogP contribution in [0.2, 0.25) is 0 Å². The van der Waals surface area contributed by atoms with E-state index in [-0.39, 0.29) is 6.03 Å². The minimum Gasteiger partial charge on any atom is -0.493 e. The molecular formula is C17H27N3O4S. The molecule has 25 heavy (non-hydrogen) atoms.